The first-order valence-corrected chi connectivity index (χ1v) is 8.25. The van der Waals surface area contributed by atoms with Crippen LogP contribution >= 0.6 is 0 Å². The lowest BCUT2D eigenvalue weighted by atomic mass is 10.2. The number of nitrogens with one attached hydrogen (secondary N) is 1. The highest BCUT2D eigenvalue weighted by Gasteiger charge is 2.19. The largest absolute Gasteiger partial charge is 1.00 e. The first kappa shape index (κ1) is 25.2. The summed E-state index contributed by atoms with van der Waals surface area (Å²) in [6.07, 6.45) is 4.98. The Labute approximate surface area is 172 Å². The third-order valence-electron chi connectivity index (χ3n) is 3.75. The monoisotopic (exact) mass is 418 g/mol. The summed E-state index contributed by atoms with van der Waals surface area (Å²) in [6.45, 7) is 3.09. The molecule has 9 heteroatoms. The SMILES string of the molecule is Cc1ccc(NC(=O)C[n+]2ccn(CC(O)C[N+](C)(C)C)c2)cc1O.[Cl-].[Cl-]. The average molecular weight is 419 g/mol. The van der Waals surface area contributed by atoms with Gasteiger partial charge in [0.1, 0.15) is 37.3 Å². The zero-order valence-corrected chi connectivity index (χ0v) is 17.6. The van der Waals surface area contributed by atoms with E-state index in [-0.39, 0.29) is 43.0 Å². The van der Waals surface area contributed by atoms with Gasteiger partial charge in [-0.3, -0.25) is 4.79 Å². The lowest BCUT2D eigenvalue weighted by Crippen LogP contribution is -3.00. The third-order valence-corrected chi connectivity index (χ3v) is 3.75. The van der Waals surface area contributed by atoms with Crippen LogP contribution in [0.2, 0.25) is 0 Å². The van der Waals surface area contributed by atoms with Crippen LogP contribution in [0.3, 0.4) is 0 Å². The van der Waals surface area contributed by atoms with Gasteiger partial charge in [-0.2, -0.15) is 0 Å². The van der Waals surface area contributed by atoms with E-state index in [1.54, 1.807) is 36.1 Å². The van der Waals surface area contributed by atoms with Crippen LogP contribution in [0.1, 0.15) is 5.56 Å². The summed E-state index contributed by atoms with van der Waals surface area (Å²) >= 11 is 0. The van der Waals surface area contributed by atoms with Crippen molar-refractivity contribution in [3.63, 3.8) is 0 Å². The molecule has 7 nitrogen and oxygen atoms in total. The van der Waals surface area contributed by atoms with Gasteiger partial charge in [-0.15, -0.1) is 0 Å². The Hall–Kier alpha value is -1.80. The smallest absolute Gasteiger partial charge is 0.266 e. The number of aromatic hydroxyl groups is 1. The number of anilines is 1. The van der Waals surface area contributed by atoms with Crippen LogP contribution in [-0.4, -0.2) is 59.0 Å². The van der Waals surface area contributed by atoms with Gasteiger partial charge in [-0.05, 0) is 18.6 Å². The van der Waals surface area contributed by atoms with Crippen molar-refractivity contribution >= 4 is 11.6 Å². The van der Waals surface area contributed by atoms with Gasteiger partial charge < -0.3 is 44.8 Å². The van der Waals surface area contributed by atoms with Crippen LogP contribution in [0, 0.1) is 6.92 Å². The second-order valence-electron chi connectivity index (χ2n) is 7.46. The van der Waals surface area contributed by atoms with Crippen LogP contribution in [-0.2, 0) is 17.9 Å². The Morgan fingerprint density at radius 1 is 1.30 bits per heavy atom. The molecule has 0 saturated heterocycles. The van der Waals surface area contributed by atoms with E-state index in [1.807, 2.05) is 31.9 Å². The van der Waals surface area contributed by atoms with E-state index in [9.17, 15) is 15.0 Å². The quantitative estimate of drug-likeness (QED) is 0.310. The zero-order valence-electron chi connectivity index (χ0n) is 16.1. The number of aryl methyl sites for hydroxylation is 1. The van der Waals surface area contributed by atoms with Crippen molar-refractivity contribution in [2.75, 3.05) is 33.0 Å². The molecule has 1 amide bonds. The van der Waals surface area contributed by atoms with Gasteiger partial charge in [-0.1, -0.05) is 6.07 Å². The van der Waals surface area contributed by atoms with Gasteiger partial charge >= 0.3 is 0 Å². The van der Waals surface area contributed by atoms with Crippen LogP contribution < -0.4 is 34.7 Å². The van der Waals surface area contributed by atoms with Gasteiger partial charge in [0.25, 0.3) is 5.91 Å². The molecule has 0 spiro atoms. The van der Waals surface area contributed by atoms with Crippen molar-refractivity contribution in [2.45, 2.75) is 26.1 Å². The molecule has 27 heavy (non-hydrogen) atoms. The molecule has 1 aromatic carbocycles. The van der Waals surface area contributed by atoms with Gasteiger partial charge in [0.2, 0.25) is 6.33 Å². The summed E-state index contributed by atoms with van der Waals surface area (Å²) in [5.41, 5.74) is 1.32. The molecule has 152 valence electrons. The number of hydrogen-bond acceptors (Lipinski definition) is 3. The summed E-state index contributed by atoms with van der Waals surface area (Å²) in [5, 5.41) is 22.6. The minimum absolute atomic E-state index is 0. The van der Waals surface area contributed by atoms with Gasteiger partial charge in [-0.25, -0.2) is 9.13 Å². The average Bonchev–Trinajstić information content (AvgIpc) is 2.87. The first-order chi connectivity index (χ1) is 11.6. The maximum absolute atomic E-state index is 12.1. The van der Waals surface area contributed by atoms with E-state index in [0.29, 0.717) is 23.3 Å². The fourth-order valence-electron chi connectivity index (χ4n) is 2.63. The second kappa shape index (κ2) is 10.5. The summed E-state index contributed by atoms with van der Waals surface area (Å²) in [4.78, 5) is 12.1. The molecule has 1 unspecified atom stereocenters. The van der Waals surface area contributed by atoms with E-state index in [4.69, 9.17) is 0 Å². The molecule has 0 aliphatic rings. The molecule has 1 aromatic heterocycles. The van der Waals surface area contributed by atoms with Crippen molar-refractivity contribution in [1.29, 1.82) is 0 Å². The van der Waals surface area contributed by atoms with Crippen LogP contribution in [0.15, 0.2) is 36.9 Å². The molecule has 3 N–H and O–H groups in total. The Balaban J connectivity index is 0.00000338. The highest BCUT2D eigenvalue weighted by atomic mass is 35.5. The van der Waals surface area contributed by atoms with Crippen LogP contribution in [0.25, 0.3) is 0 Å². The number of aromatic nitrogens is 2. The van der Waals surface area contributed by atoms with Crippen molar-refractivity contribution in [2.24, 2.45) is 0 Å². The number of quaternary nitrogens is 1. The van der Waals surface area contributed by atoms with Crippen molar-refractivity contribution < 1.29 is 48.9 Å². The minimum Gasteiger partial charge on any atom is -1.00 e. The van der Waals surface area contributed by atoms with E-state index in [1.165, 1.54) is 6.07 Å². The number of aliphatic hydroxyl groups excluding tert-OH is 1. The molecule has 0 aliphatic carbocycles. The molecule has 2 aromatic rings. The van der Waals surface area contributed by atoms with Gasteiger partial charge in [0.15, 0.2) is 6.54 Å². The maximum Gasteiger partial charge on any atom is 0.266 e. The number of carbonyl (C=O) groups is 1. The number of amides is 1. The Morgan fingerprint density at radius 2 is 1.96 bits per heavy atom. The predicted molar refractivity (Wildman–Crippen MR) is 95.0 cm³/mol. The zero-order chi connectivity index (χ0) is 18.6. The molecule has 0 saturated carbocycles. The number of hydrogen-bond donors (Lipinski definition) is 3. The van der Waals surface area contributed by atoms with Crippen LogP contribution in [0.4, 0.5) is 5.69 Å². The molecular formula is C18H28Cl2N4O3. The Kier molecular flexibility index (Phi) is 9.81. The lowest BCUT2D eigenvalue weighted by Gasteiger charge is -2.25. The predicted octanol–water partition coefficient (Wildman–Crippen LogP) is -5.50. The maximum atomic E-state index is 12.1. The summed E-state index contributed by atoms with van der Waals surface area (Å²) in [7, 11) is 6.10. The number of imidazole rings is 1. The number of nitrogens with zero attached hydrogens (tertiary/aromatic N) is 3. The van der Waals surface area contributed by atoms with E-state index >= 15 is 0 Å². The number of rotatable bonds is 7. The van der Waals surface area contributed by atoms with Crippen LogP contribution in [0.5, 0.6) is 5.75 Å². The topological polar surface area (TPSA) is 78.4 Å². The molecule has 0 radical (unpaired) electrons. The fourth-order valence-corrected chi connectivity index (χ4v) is 2.63. The molecule has 2 rings (SSSR count). The Morgan fingerprint density at radius 3 is 2.56 bits per heavy atom. The number of carbonyl (C=O) groups excluding carboxylic acids is 1. The number of phenols is 1. The van der Waals surface area contributed by atoms with E-state index in [2.05, 4.69) is 5.32 Å². The second-order valence-corrected chi connectivity index (χ2v) is 7.46. The number of benzene rings is 1. The first-order valence-electron chi connectivity index (χ1n) is 8.25. The molecule has 0 fully saturated rings. The highest BCUT2D eigenvalue weighted by molar-refractivity contribution is 5.89. The Bertz CT molecular complexity index is 744. The molecule has 1 atom stereocenters. The normalized spacial score (nSPS) is 11.9. The number of likely N-dealkylation sites (N-methyl/N-ethyl adjacent to an activating group) is 1. The number of phenolic OH excluding ortho intramolecular Hbond substituents is 1. The lowest BCUT2D eigenvalue weighted by molar-refractivity contribution is -0.873. The van der Waals surface area contributed by atoms with Crippen molar-refractivity contribution in [3.05, 3.63) is 42.5 Å². The molecular weight excluding hydrogens is 391 g/mol. The molecule has 1 heterocycles. The number of aliphatic hydroxyl groups is 1. The van der Waals surface area contributed by atoms with E-state index in [0.717, 1.165) is 5.56 Å². The standard InChI is InChI=1S/C18H26N4O3.2ClH/c1-14-5-6-15(9-17(14)24)19-18(25)11-21-8-7-20(13-21)10-16(23)12-22(2,3)4;;/h5-9,13,16,23H,10-12H2,1-4H3;2*1H. The fraction of sp³-hybridized carbons (Fsp3) is 0.444. The third kappa shape index (κ3) is 8.62. The highest BCUT2D eigenvalue weighted by Crippen LogP contribution is 2.20. The molecule has 0 aliphatic heterocycles. The summed E-state index contributed by atoms with van der Waals surface area (Å²) < 4.78 is 4.31. The van der Waals surface area contributed by atoms with E-state index < -0.39 is 6.10 Å². The summed E-state index contributed by atoms with van der Waals surface area (Å²) in [5.74, 6) is -0.0271. The van der Waals surface area contributed by atoms with Gasteiger partial charge in [0, 0.05) is 11.8 Å². The van der Waals surface area contributed by atoms with Crippen molar-refractivity contribution in [1.82, 2.24) is 4.57 Å². The summed E-state index contributed by atoms with van der Waals surface area (Å²) in [6, 6.07) is 5.04. The molecule has 0 bridgehead atoms. The van der Waals surface area contributed by atoms with Gasteiger partial charge in [0.05, 0.1) is 21.1 Å². The minimum atomic E-state index is -0.454. The van der Waals surface area contributed by atoms with Crippen molar-refractivity contribution in [3.8, 4) is 5.75 Å². The number of halogens is 2.